The van der Waals surface area contributed by atoms with Gasteiger partial charge in [-0.3, -0.25) is 34.6 Å². The van der Waals surface area contributed by atoms with E-state index >= 15 is 0 Å². The van der Waals surface area contributed by atoms with Gasteiger partial charge in [0.1, 0.15) is 30.2 Å². The van der Waals surface area contributed by atoms with E-state index in [1.807, 2.05) is 56.3 Å². The molecule has 2 heterocycles. The predicted octanol–water partition coefficient (Wildman–Crippen LogP) is 1.46. The molecule has 3 aromatic rings. The molecule has 1 aromatic heterocycles. The summed E-state index contributed by atoms with van der Waals surface area (Å²) < 4.78 is 0. The van der Waals surface area contributed by atoms with Crippen molar-refractivity contribution in [2.75, 3.05) is 6.54 Å². The highest BCUT2D eigenvalue weighted by molar-refractivity contribution is 5.98. The molecule has 1 saturated heterocycles. The number of fused-ring (bicyclic) bond motifs is 1. The van der Waals surface area contributed by atoms with Crippen LogP contribution >= 0.6 is 0 Å². The Morgan fingerprint density at radius 1 is 0.750 bits per heavy atom. The zero-order valence-corrected chi connectivity index (χ0v) is 30.1. The molecule has 4 rings (SSSR count). The molecule has 5 amide bonds. The molecule has 15 nitrogen and oxygen atoms in total. The molecular weight excluding hydrogens is 666 g/mol. The van der Waals surface area contributed by atoms with E-state index in [-0.39, 0.29) is 44.6 Å². The molecule has 52 heavy (non-hydrogen) atoms. The highest BCUT2D eigenvalue weighted by Crippen LogP contribution is 2.20. The minimum Gasteiger partial charge on any atom is -0.368 e. The number of benzene rings is 2. The molecular formula is C37H51N9O6. The molecule has 0 radical (unpaired) electrons. The Balaban J connectivity index is 1.76. The lowest BCUT2D eigenvalue weighted by Gasteiger charge is -2.28. The monoisotopic (exact) mass is 717 g/mol. The summed E-state index contributed by atoms with van der Waals surface area (Å²) >= 11 is 0. The van der Waals surface area contributed by atoms with Crippen LogP contribution < -0.4 is 32.3 Å². The topological polar surface area (TPSA) is 235 Å². The van der Waals surface area contributed by atoms with E-state index in [1.54, 1.807) is 32.2 Å². The number of aromatic nitrogens is 1. The number of guanidine groups is 1. The largest absolute Gasteiger partial charge is 0.368 e. The normalized spacial score (nSPS) is 22.1. The molecule has 1 aliphatic rings. The lowest BCUT2D eigenvalue weighted by molar-refractivity contribution is -0.135. The number of nitrogens with zero attached hydrogens (tertiary/aromatic N) is 1. The van der Waals surface area contributed by atoms with Crippen LogP contribution in [0.2, 0.25) is 0 Å². The van der Waals surface area contributed by atoms with Crippen LogP contribution in [0.25, 0.3) is 10.9 Å². The Hall–Kier alpha value is -5.44. The number of nitrogens with one attached hydrogen (secondary N) is 7. The van der Waals surface area contributed by atoms with Gasteiger partial charge in [-0.25, -0.2) is 5.06 Å². The first kappa shape index (κ1) is 39.3. The summed E-state index contributed by atoms with van der Waals surface area (Å²) in [6.07, 6.45) is 2.26. The molecule has 15 heteroatoms. The first-order valence-electron chi connectivity index (χ1n) is 17.6. The van der Waals surface area contributed by atoms with Gasteiger partial charge in [0.15, 0.2) is 0 Å². The van der Waals surface area contributed by atoms with E-state index in [9.17, 15) is 29.2 Å². The minimum atomic E-state index is -1.22. The number of carbonyl (C=O) groups excluding carboxylic acids is 5. The zero-order chi connectivity index (χ0) is 37.9. The first-order chi connectivity index (χ1) is 24.7. The quantitative estimate of drug-likeness (QED) is 0.0798. The first-order valence-corrected chi connectivity index (χ1v) is 17.6. The number of para-hydroxylation sites is 1. The second-order valence-corrected chi connectivity index (χ2v) is 14.0. The highest BCUT2D eigenvalue weighted by atomic mass is 16.5. The smallest absolute Gasteiger partial charge is 0.243 e. The maximum absolute atomic E-state index is 14.2. The van der Waals surface area contributed by atoms with Gasteiger partial charge in [-0.1, -0.05) is 76.2 Å². The Labute approximate surface area is 303 Å². The van der Waals surface area contributed by atoms with Crippen molar-refractivity contribution in [1.29, 1.82) is 5.41 Å². The van der Waals surface area contributed by atoms with E-state index in [0.29, 0.717) is 5.06 Å². The fraction of sp³-hybridized carbons (Fsp3) is 0.459. The maximum atomic E-state index is 14.2. The number of rotatable bonds is 11. The summed E-state index contributed by atoms with van der Waals surface area (Å²) in [7, 11) is 0. The lowest BCUT2D eigenvalue weighted by atomic mass is 9.98. The van der Waals surface area contributed by atoms with Crippen LogP contribution in [0.4, 0.5) is 0 Å². The summed E-state index contributed by atoms with van der Waals surface area (Å²) in [6, 6.07) is 10.9. The predicted molar refractivity (Wildman–Crippen MR) is 196 cm³/mol. The van der Waals surface area contributed by atoms with Crippen molar-refractivity contribution in [3.63, 3.8) is 0 Å². The van der Waals surface area contributed by atoms with Crippen molar-refractivity contribution in [2.24, 2.45) is 17.6 Å². The highest BCUT2D eigenvalue weighted by Gasteiger charge is 2.36. The summed E-state index contributed by atoms with van der Waals surface area (Å²) in [5.41, 5.74) is 7.71. The Bertz CT molecular complexity index is 1730. The number of hydrogen-bond acceptors (Lipinski definition) is 7. The second-order valence-electron chi connectivity index (χ2n) is 14.0. The number of nitrogens with two attached hydrogens (primary N) is 1. The van der Waals surface area contributed by atoms with Gasteiger partial charge in [0.25, 0.3) is 0 Å². The number of aromatic amines is 1. The molecule has 2 aromatic carbocycles. The third-order valence-electron chi connectivity index (χ3n) is 9.01. The van der Waals surface area contributed by atoms with E-state index < -0.39 is 71.6 Å². The fourth-order valence-corrected chi connectivity index (χ4v) is 6.19. The molecule has 5 atom stereocenters. The van der Waals surface area contributed by atoms with Gasteiger partial charge in [0, 0.05) is 36.5 Å². The number of hydrogen-bond donors (Lipinski definition) is 9. The molecule has 280 valence electrons. The number of carbonyl (C=O) groups is 5. The van der Waals surface area contributed by atoms with Crippen LogP contribution in [0.5, 0.6) is 0 Å². The van der Waals surface area contributed by atoms with E-state index in [2.05, 4.69) is 31.6 Å². The van der Waals surface area contributed by atoms with Crippen LogP contribution in [0.3, 0.4) is 0 Å². The Morgan fingerprint density at radius 3 is 1.96 bits per heavy atom. The SMILES string of the molecule is CC(C)C[C@@H]1NC(=O)[C@@H](Cc2ccccc2)NC(=O)[C@H](CCCN(O)C(=N)N)NC(=O)[C@H](Cc2c[nH]c3ccccc23)NC(=O)[C@@H](C(C)C)NC1=O. The summed E-state index contributed by atoms with van der Waals surface area (Å²) in [4.78, 5) is 73.1. The van der Waals surface area contributed by atoms with E-state index in [1.165, 1.54) is 0 Å². The molecule has 0 spiro atoms. The van der Waals surface area contributed by atoms with Crippen molar-refractivity contribution >= 4 is 46.4 Å². The number of amides is 5. The molecule has 0 saturated carbocycles. The summed E-state index contributed by atoms with van der Waals surface area (Å²) in [6.45, 7) is 7.23. The summed E-state index contributed by atoms with van der Waals surface area (Å²) in [5.74, 6) is -4.13. The summed E-state index contributed by atoms with van der Waals surface area (Å²) in [5, 5.41) is 32.9. The second kappa shape index (κ2) is 18.2. The van der Waals surface area contributed by atoms with Gasteiger partial charge < -0.3 is 37.3 Å². The average molecular weight is 718 g/mol. The molecule has 0 bridgehead atoms. The van der Waals surface area contributed by atoms with Crippen LogP contribution in [-0.2, 0) is 36.8 Å². The lowest BCUT2D eigenvalue weighted by Crippen LogP contribution is -2.59. The van der Waals surface area contributed by atoms with E-state index in [4.69, 9.17) is 11.1 Å². The molecule has 1 fully saturated rings. The molecule has 0 aliphatic carbocycles. The Morgan fingerprint density at radius 2 is 1.31 bits per heavy atom. The van der Waals surface area contributed by atoms with Crippen LogP contribution in [-0.4, -0.2) is 87.5 Å². The van der Waals surface area contributed by atoms with Crippen molar-refractivity contribution in [1.82, 2.24) is 36.6 Å². The van der Waals surface area contributed by atoms with Gasteiger partial charge >= 0.3 is 0 Å². The van der Waals surface area contributed by atoms with Crippen molar-refractivity contribution in [3.05, 3.63) is 71.9 Å². The molecule has 1 aliphatic heterocycles. The van der Waals surface area contributed by atoms with Gasteiger partial charge in [-0.15, -0.1) is 0 Å². The minimum absolute atomic E-state index is 0.0139. The van der Waals surface area contributed by atoms with Crippen molar-refractivity contribution < 1.29 is 29.2 Å². The zero-order valence-electron chi connectivity index (χ0n) is 30.1. The maximum Gasteiger partial charge on any atom is 0.243 e. The number of hydroxylamine groups is 2. The van der Waals surface area contributed by atoms with Gasteiger partial charge in [-0.2, -0.15) is 0 Å². The van der Waals surface area contributed by atoms with Crippen LogP contribution in [0.1, 0.15) is 58.1 Å². The molecule has 0 unspecified atom stereocenters. The standard InChI is InChI=1S/C37H51N9O6/c1-21(2)17-28-35(50)45-31(22(3)4)36(51)44-30(19-24-20-40-26-14-9-8-13-25(24)26)34(49)41-27(15-10-16-46(52)37(38)39)32(47)43-29(33(48)42-28)18-23-11-6-5-7-12-23/h5-9,11-14,20-22,27-31,40,52H,10,15-19H2,1-4H3,(H3,38,39)(H,41,49)(H,42,48)(H,43,47)(H,44,51)(H,45,50)/t27-,28-,29+,30-,31+/m0/s1. The van der Waals surface area contributed by atoms with Gasteiger partial charge in [0.05, 0.1) is 0 Å². The van der Waals surface area contributed by atoms with Gasteiger partial charge in [0.2, 0.25) is 35.5 Å². The van der Waals surface area contributed by atoms with Crippen molar-refractivity contribution in [2.45, 2.75) is 90.0 Å². The average Bonchev–Trinajstić information content (AvgIpc) is 3.51. The Kier molecular flexibility index (Phi) is 13.7. The fourth-order valence-electron chi connectivity index (χ4n) is 6.19. The van der Waals surface area contributed by atoms with E-state index in [0.717, 1.165) is 22.0 Å². The number of H-pyrrole nitrogens is 1. The third kappa shape index (κ3) is 10.8. The van der Waals surface area contributed by atoms with Crippen LogP contribution in [0, 0.1) is 17.2 Å². The van der Waals surface area contributed by atoms with Crippen molar-refractivity contribution in [3.8, 4) is 0 Å². The molecule has 10 N–H and O–H groups in total. The van der Waals surface area contributed by atoms with Crippen LogP contribution in [0.15, 0.2) is 60.8 Å². The van der Waals surface area contributed by atoms with Gasteiger partial charge in [-0.05, 0) is 48.3 Å². The third-order valence-corrected chi connectivity index (χ3v) is 9.01.